The van der Waals surface area contributed by atoms with Crippen LogP contribution in [0.2, 0.25) is 0 Å². The molecule has 2 N–H and O–H groups in total. The van der Waals surface area contributed by atoms with E-state index in [1.54, 1.807) is 18.3 Å². The van der Waals surface area contributed by atoms with Gasteiger partial charge >= 0.3 is 12.0 Å². The molecular weight excluding hydrogens is 252 g/mol. The van der Waals surface area contributed by atoms with Crippen molar-refractivity contribution in [2.45, 2.75) is 27.3 Å². The number of amides is 2. The Labute approximate surface area is 110 Å². The van der Waals surface area contributed by atoms with Crippen molar-refractivity contribution in [3.8, 4) is 0 Å². The number of carbonyl (C=O) groups is 2. The smallest absolute Gasteiger partial charge is 0.323 e. The molecule has 18 heavy (non-hydrogen) atoms. The minimum absolute atomic E-state index is 0.273. The molecule has 0 atom stereocenters. The number of thiophene rings is 1. The van der Waals surface area contributed by atoms with E-state index in [0.29, 0.717) is 13.1 Å². The van der Waals surface area contributed by atoms with Gasteiger partial charge in [-0.05, 0) is 32.4 Å². The largest absolute Gasteiger partial charge is 0.480 e. The van der Waals surface area contributed by atoms with Crippen LogP contribution in [0.15, 0.2) is 6.07 Å². The Balaban J connectivity index is 2.51. The maximum Gasteiger partial charge on any atom is 0.323 e. The Kier molecular flexibility index (Phi) is 5.15. The Morgan fingerprint density at radius 2 is 2.11 bits per heavy atom. The van der Waals surface area contributed by atoms with Gasteiger partial charge < -0.3 is 15.3 Å². The number of likely N-dealkylation sites (N-methyl/N-ethyl adjacent to an activating group) is 1. The van der Waals surface area contributed by atoms with E-state index in [-0.39, 0.29) is 12.6 Å². The summed E-state index contributed by atoms with van der Waals surface area (Å²) in [6.45, 7) is 6.36. The zero-order valence-electron chi connectivity index (χ0n) is 10.8. The molecule has 5 nitrogen and oxygen atoms in total. The zero-order valence-corrected chi connectivity index (χ0v) is 11.6. The molecule has 1 aromatic rings. The minimum Gasteiger partial charge on any atom is -0.480 e. The second-order valence-electron chi connectivity index (χ2n) is 4.02. The van der Waals surface area contributed by atoms with Crippen molar-refractivity contribution in [3.05, 3.63) is 21.4 Å². The van der Waals surface area contributed by atoms with Gasteiger partial charge in [0.05, 0.1) is 6.54 Å². The van der Waals surface area contributed by atoms with Gasteiger partial charge in [-0.15, -0.1) is 11.3 Å². The molecule has 100 valence electrons. The lowest BCUT2D eigenvalue weighted by atomic mass is 10.3. The summed E-state index contributed by atoms with van der Waals surface area (Å²) in [6, 6.07) is 1.69. The SMILES string of the molecule is CCN(CC(=O)O)C(=O)NCc1cc(C)c(C)s1. The number of carboxylic acids is 1. The lowest BCUT2D eigenvalue weighted by Gasteiger charge is -2.18. The zero-order chi connectivity index (χ0) is 13.7. The van der Waals surface area contributed by atoms with E-state index < -0.39 is 5.97 Å². The van der Waals surface area contributed by atoms with Crippen LogP contribution in [-0.2, 0) is 11.3 Å². The van der Waals surface area contributed by atoms with Gasteiger partial charge in [0.25, 0.3) is 0 Å². The molecule has 1 rings (SSSR count). The molecule has 0 unspecified atom stereocenters. The average molecular weight is 270 g/mol. The number of nitrogens with one attached hydrogen (secondary N) is 1. The van der Waals surface area contributed by atoms with E-state index in [2.05, 4.69) is 5.32 Å². The highest BCUT2D eigenvalue weighted by atomic mass is 32.1. The summed E-state index contributed by atoms with van der Waals surface area (Å²) in [6.07, 6.45) is 0. The van der Waals surface area contributed by atoms with E-state index in [1.807, 2.05) is 19.9 Å². The lowest BCUT2D eigenvalue weighted by molar-refractivity contribution is -0.137. The molecule has 1 aromatic heterocycles. The number of nitrogens with zero attached hydrogens (tertiary/aromatic N) is 1. The molecule has 0 aliphatic heterocycles. The molecule has 0 aliphatic carbocycles. The summed E-state index contributed by atoms with van der Waals surface area (Å²) in [4.78, 5) is 25.9. The van der Waals surface area contributed by atoms with Gasteiger partial charge in [-0.25, -0.2) is 4.79 Å². The van der Waals surface area contributed by atoms with Gasteiger partial charge in [-0.1, -0.05) is 0 Å². The first-order valence-corrected chi connectivity index (χ1v) is 6.56. The van der Waals surface area contributed by atoms with E-state index in [1.165, 1.54) is 15.3 Å². The number of hydrogen-bond acceptors (Lipinski definition) is 3. The fourth-order valence-electron chi connectivity index (χ4n) is 1.50. The third-order valence-electron chi connectivity index (χ3n) is 2.63. The first-order valence-electron chi connectivity index (χ1n) is 5.74. The van der Waals surface area contributed by atoms with Crippen LogP contribution in [0, 0.1) is 13.8 Å². The molecule has 1 heterocycles. The molecule has 0 aliphatic rings. The molecule has 0 saturated carbocycles. The maximum atomic E-state index is 11.7. The number of aliphatic carboxylic acids is 1. The number of carbonyl (C=O) groups excluding carboxylic acids is 1. The molecule has 2 amide bonds. The van der Waals surface area contributed by atoms with Crippen molar-refractivity contribution in [2.75, 3.05) is 13.1 Å². The van der Waals surface area contributed by atoms with Crippen LogP contribution in [0.25, 0.3) is 0 Å². The number of rotatable bonds is 5. The molecular formula is C12H18N2O3S. The fourth-order valence-corrected chi connectivity index (χ4v) is 2.50. The van der Waals surface area contributed by atoms with Crippen molar-refractivity contribution in [2.24, 2.45) is 0 Å². The number of carboxylic acid groups (broad SMARTS) is 1. The highest BCUT2D eigenvalue weighted by Gasteiger charge is 2.14. The highest BCUT2D eigenvalue weighted by molar-refractivity contribution is 7.12. The molecule has 0 radical (unpaired) electrons. The molecule has 0 fully saturated rings. The second kappa shape index (κ2) is 6.39. The Hall–Kier alpha value is -1.56. The fraction of sp³-hybridized carbons (Fsp3) is 0.500. The van der Waals surface area contributed by atoms with Crippen LogP contribution < -0.4 is 5.32 Å². The molecule has 0 bridgehead atoms. The van der Waals surface area contributed by atoms with Gasteiger partial charge in [0.2, 0.25) is 0 Å². The van der Waals surface area contributed by atoms with E-state index >= 15 is 0 Å². The molecule has 0 spiro atoms. The molecule has 6 heteroatoms. The minimum atomic E-state index is -1.00. The standard InChI is InChI=1S/C12H18N2O3S/c1-4-14(7-11(15)16)12(17)13-6-10-5-8(2)9(3)18-10/h5H,4,6-7H2,1-3H3,(H,13,17)(H,15,16). The second-order valence-corrected chi connectivity index (χ2v) is 5.36. The first kappa shape index (κ1) is 14.5. The third kappa shape index (κ3) is 4.03. The summed E-state index contributed by atoms with van der Waals surface area (Å²) in [7, 11) is 0. The topological polar surface area (TPSA) is 69.6 Å². The summed E-state index contributed by atoms with van der Waals surface area (Å²) in [5, 5.41) is 11.4. The quantitative estimate of drug-likeness (QED) is 0.859. The summed E-state index contributed by atoms with van der Waals surface area (Å²) >= 11 is 1.64. The van der Waals surface area contributed by atoms with Crippen molar-refractivity contribution in [3.63, 3.8) is 0 Å². The predicted octanol–water partition coefficient (Wildman–Crippen LogP) is 1.98. The van der Waals surface area contributed by atoms with Crippen molar-refractivity contribution in [1.82, 2.24) is 10.2 Å². The number of aryl methyl sites for hydroxylation is 2. The van der Waals surface area contributed by atoms with Gasteiger partial charge in [0, 0.05) is 16.3 Å². The van der Waals surface area contributed by atoms with Crippen LogP contribution in [0.3, 0.4) is 0 Å². The van der Waals surface area contributed by atoms with Crippen LogP contribution in [0.1, 0.15) is 22.2 Å². The van der Waals surface area contributed by atoms with Crippen LogP contribution >= 0.6 is 11.3 Å². The predicted molar refractivity (Wildman–Crippen MR) is 70.9 cm³/mol. The number of hydrogen-bond donors (Lipinski definition) is 2. The van der Waals surface area contributed by atoms with E-state index in [4.69, 9.17) is 5.11 Å². The average Bonchev–Trinajstić information content (AvgIpc) is 2.62. The Morgan fingerprint density at radius 1 is 1.44 bits per heavy atom. The summed E-state index contributed by atoms with van der Waals surface area (Å²) in [5.41, 5.74) is 1.21. The van der Waals surface area contributed by atoms with Crippen LogP contribution in [0.4, 0.5) is 4.79 Å². The monoisotopic (exact) mass is 270 g/mol. The van der Waals surface area contributed by atoms with Crippen molar-refractivity contribution in [1.29, 1.82) is 0 Å². The summed E-state index contributed by atoms with van der Waals surface area (Å²) in [5.74, 6) is -1.00. The van der Waals surface area contributed by atoms with Crippen molar-refractivity contribution >= 4 is 23.3 Å². The van der Waals surface area contributed by atoms with Crippen molar-refractivity contribution < 1.29 is 14.7 Å². The Morgan fingerprint density at radius 3 is 2.56 bits per heavy atom. The van der Waals surface area contributed by atoms with Gasteiger partial charge in [0.1, 0.15) is 6.54 Å². The highest BCUT2D eigenvalue weighted by Crippen LogP contribution is 2.20. The normalized spacial score (nSPS) is 10.2. The van der Waals surface area contributed by atoms with Gasteiger partial charge in [-0.3, -0.25) is 4.79 Å². The van der Waals surface area contributed by atoms with Crippen LogP contribution in [-0.4, -0.2) is 35.1 Å². The Bertz CT molecular complexity index is 423. The van der Waals surface area contributed by atoms with Gasteiger partial charge in [-0.2, -0.15) is 0 Å². The third-order valence-corrected chi connectivity index (χ3v) is 3.78. The maximum absolute atomic E-state index is 11.7. The molecule has 0 aromatic carbocycles. The van der Waals surface area contributed by atoms with E-state index in [9.17, 15) is 9.59 Å². The summed E-state index contributed by atoms with van der Waals surface area (Å²) < 4.78 is 0. The lowest BCUT2D eigenvalue weighted by Crippen LogP contribution is -2.42. The first-order chi connectivity index (χ1) is 8.43. The van der Waals surface area contributed by atoms with E-state index in [0.717, 1.165) is 4.88 Å². The van der Waals surface area contributed by atoms with Gasteiger partial charge in [0.15, 0.2) is 0 Å². The number of urea groups is 1. The van der Waals surface area contributed by atoms with Crippen LogP contribution in [0.5, 0.6) is 0 Å². The molecule has 0 saturated heterocycles.